The second-order valence-electron chi connectivity index (χ2n) is 8.83. The third-order valence-electron chi connectivity index (χ3n) is 6.14. The third kappa shape index (κ3) is 7.16. The smallest absolute Gasteiger partial charge is 0.409 e. The molecule has 214 valence electrons. The minimum Gasteiger partial charge on any atom is -0.488 e. The van der Waals surface area contributed by atoms with E-state index in [4.69, 9.17) is 25.8 Å². The predicted octanol–water partition coefficient (Wildman–Crippen LogP) is 3.90. The normalized spacial score (nSPS) is 13.8. The SMILES string of the molecule is COC(=O)N1CCC(Oc2cc(C(=O)NCc3ccc(Cl)cc3)c(OCCO)nc2-c2cnn(C(F)F)c2)CC1. The number of carbonyl (C=O) groups excluding carboxylic acids is 2. The highest BCUT2D eigenvalue weighted by atomic mass is 35.5. The number of nitrogens with one attached hydrogen (secondary N) is 1. The quantitative estimate of drug-likeness (QED) is 0.370. The standard InChI is InChI=1S/C26H28ClF2N5O6/c1-38-26(37)33-8-6-19(7-9-33)40-21-12-20(23(36)30-13-16-2-4-18(27)5-3-16)24(39-11-10-35)32-22(21)17-14-31-34(15-17)25(28)29/h2-5,12,14-15,19,25,35H,6-11,13H2,1H3,(H,30,36). The highest BCUT2D eigenvalue weighted by Gasteiger charge is 2.28. The number of aromatic nitrogens is 3. The lowest BCUT2D eigenvalue weighted by Gasteiger charge is -2.31. The number of aliphatic hydroxyl groups is 1. The summed E-state index contributed by atoms with van der Waals surface area (Å²) in [5.41, 5.74) is 1.16. The van der Waals surface area contributed by atoms with E-state index >= 15 is 0 Å². The van der Waals surface area contributed by atoms with Gasteiger partial charge in [0.1, 0.15) is 29.7 Å². The first-order valence-corrected chi connectivity index (χ1v) is 12.8. The Balaban J connectivity index is 1.65. The van der Waals surface area contributed by atoms with Crippen molar-refractivity contribution in [1.29, 1.82) is 0 Å². The monoisotopic (exact) mass is 579 g/mol. The van der Waals surface area contributed by atoms with Gasteiger partial charge in [-0.3, -0.25) is 4.79 Å². The first-order valence-electron chi connectivity index (χ1n) is 12.4. The van der Waals surface area contributed by atoms with Gasteiger partial charge in [0.15, 0.2) is 0 Å². The van der Waals surface area contributed by atoms with E-state index in [2.05, 4.69) is 15.4 Å². The van der Waals surface area contributed by atoms with E-state index in [1.54, 1.807) is 29.2 Å². The van der Waals surface area contributed by atoms with Crippen molar-refractivity contribution in [1.82, 2.24) is 25.0 Å². The number of carbonyl (C=O) groups is 2. The molecule has 2 aromatic heterocycles. The average molecular weight is 580 g/mol. The third-order valence-corrected chi connectivity index (χ3v) is 6.39. The van der Waals surface area contributed by atoms with Crippen LogP contribution in [0.3, 0.4) is 0 Å². The largest absolute Gasteiger partial charge is 0.488 e. The van der Waals surface area contributed by atoms with E-state index in [1.807, 2.05) is 0 Å². The van der Waals surface area contributed by atoms with Crippen LogP contribution in [0.4, 0.5) is 13.6 Å². The van der Waals surface area contributed by atoms with Gasteiger partial charge in [-0.25, -0.2) is 14.5 Å². The number of ether oxygens (including phenoxy) is 3. The first kappa shape index (κ1) is 29.0. The van der Waals surface area contributed by atoms with Gasteiger partial charge in [0, 0.05) is 55.3 Å². The van der Waals surface area contributed by atoms with Crippen LogP contribution in [0, 0.1) is 0 Å². The van der Waals surface area contributed by atoms with Gasteiger partial charge in [-0.1, -0.05) is 23.7 Å². The van der Waals surface area contributed by atoms with Gasteiger partial charge in [-0.15, -0.1) is 0 Å². The summed E-state index contributed by atoms with van der Waals surface area (Å²) in [5.74, 6) is -0.496. The Labute approximate surface area is 233 Å². The maximum Gasteiger partial charge on any atom is 0.409 e. The van der Waals surface area contributed by atoms with Crippen LogP contribution in [-0.2, 0) is 11.3 Å². The molecule has 0 saturated carbocycles. The fourth-order valence-corrected chi connectivity index (χ4v) is 4.23. The topological polar surface area (TPSA) is 128 Å². The Hall–Kier alpha value is -3.97. The minimum absolute atomic E-state index is 0.0226. The molecule has 2 N–H and O–H groups in total. The fourth-order valence-electron chi connectivity index (χ4n) is 4.10. The van der Waals surface area contributed by atoms with Crippen molar-refractivity contribution in [2.45, 2.75) is 32.0 Å². The Bertz CT molecular complexity index is 1320. The molecule has 1 saturated heterocycles. The molecule has 0 aliphatic carbocycles. The number of pyridine rings is 1. The molecule has 14 heteroatoms. The van der Waals surface area contributed by atoms with Gasteiger partial charge in [-0.05, 0) is 17.7 Å². The van der Waals surface area contributed by atoms with Gasteiger partial charge >= 0.3 is 12.6 Å². The molecule has 0 bridgehead atoms. The summed E-state index contributed by atoms with van der Waals surface area (Å²) in [6, 6.07) is 8.36. The molecule has 0 spiro atoms. The number of nitrogens with zero attached hydrogens (tertiary/aromatic N) is 4. The summed E-state index contributed by atoms with van der Waals surface area (Å²) in [6.07, 6.45) is 2.44. The van der Waals surface area contributed by atoms with Crippen molar-refractivity contribution in [2.75, 3.05) is 33.4 Å². The van der Waals surface area contributed by atoms with E-state index in [1.165, 1.54) is 19.4 Å². The Kier molecular flexibility index (Phi) is 9.72. The zero-order valence-electron chi connectivity index (χ0n) is 21.6. The summed E-state index contributed by atoms with van der Waals surface area (Å²) in [6.45, 7) is -2.43. The lowest BCUT2D eigenvalue weighted by atomic mass is 10.1. The number of hydrogen-bond acceptors (Lipinski definition) is 8. The zero-order chi connectivity index (χ0) is 28.6. The number of piperidine rings is 1. The second-order valence-corrected chi connectivity index (χ2v) is 9.27. The highest BCUT2D eigenvalue weighted by Crippen LogP contribution is 2.35. The maximum absolute atomic E-state index is 13.3. The molecule has 0 atom stereocenters. The van der Waals surface area contributed by atoms with Crippen molar-refractivity contribution in [3.05, 3.63) is 58.9 Å². The fraction of sp³-hybridized carbons (Fsp3) is 0.385. The lowest BCUT2D eigenvalue weighted by Crippen LogP contribution is -2.41. The summed E-state index contributed by atoms with van der Waals surface area (Å²) < 4.78 is 43.5. The van der Waals surface area contributed by atoms with Crippen LogP contribution in [0.15, 0.2) is 42.7 Å². The number of amides is 2. The van der Waals surface area contributed by atoms with Crippen LogP contribution in [0.1, 0.15) is 35.3 Å². The van der Waals surface area contributed by atoms with Gasteiger partial charge in [-0.2, -0.15) is 13.9 Å². The Morgan fingerprint density at radius 1 is 1.23 bits per heavy atom. The molecule has 1 aliphatic rings. The number of alkyl halides is 2. The van der Waals surface area contributed by atoms with Gasteiger partial charge in [0.2, 0.25) is 5.88 Å². The predicted molar refractivity (Wildman–Crippen MR) is 140 cm³/mol. The number of halogens is 3. The summed E-state index contributed by atoms with van der Waals surface area (Å²) >= 11 is 5.93. The van der Waals surface area contributed by atoms with Crippen molar-refractivity contribution >= 4 is 23.6 Å². The number of hydrogen-bond donors (Lipinski definition) is 2. The van der Waals surface area contributed by atoms with E-state index < -0.39 is 18.5 Å². The van der Waals surface area contributed by atoms with Crippen molar-refractivity contribution < 1.29 is 37.7 Å². The molecular formula is C26H28ClF2N5O6. The average Bonchev–Trinajstić information content (AvgIpc) is 3.46. The number of methoxy groups -OCH3 is 1. The van der Waals surface area contributed by atoms with Crippen LogP contribution in [-0.4, -0.2) is 76.3 Å². The number of rotatable bonds is 10. The number of benzene rings is 1. The summed E-state index contributed by atoms with van der Waals surface area (Å²) in [4.78, 5) is 31.1. The molecule has 4 rings (SSSR count). The van der Waals surface area contributed by atoms with Gasteiger partial charge in [0.25, 0.3) is 5.91 Å². The molecule has 3 heterocycles. The van der Waals surface area contributed by atoms with Crippen molar-refractivity contribution in [2.24, 2.45) is 0 Å². The van der Waals surface area contributed by atoms with Crippen molar-refractivity contribution in [3.63, 3.8) is 0 Å². The number of aliphatic hydroxyl groups excluding tert-OH is 1. The van der Waals surface area contributed by atoms with Crippen LogP contribution < -0.4 is 14.8 Å². The molecule has 11 nitrogen and oxygen atoms in total. The minimum atomic E-state index is -2.87. The van der Waals surface area contributed by atoms with Crippen LogP contribution in [0.2, 0.25) is 5.02 Å². The van der Waals surface area contributed by atoms with Crippen molar-refractivity contribution in [3.8, 4) is 22.9 Å². The van der Waals surface area contributed by atoms with E-state index in [0.717, 1.165) is 11.8 Å². The van der Waals surface area contributed by atoms with Gasteiger partial charge in [0.05, 0.1) is 19.9 Å². The molecule has 2 amide bonds. The lowest BCUT2D eigenvalue weighted by molar-refractivity contribution is 0.0566. The van der Waals surface area contributed by atoms with E-state index in [9.17, 15) is 23.5 Å². The molecule has 0 unspecified atom stereocenters. The first-order chi connectivity index (χ1) is 19.3. The molecule has 3 aromatic rings. The molecule has 0 radical (unpaired) electrons. The molecule has 1 aliphatic heterocycles. The van der Waals surface area contributed by atoms with E-state index in [-0.39, 0.29) is 54.3 Å². The summed E-state index contributed by atoms with van der Waals surface area (Å²) in [7, 11) is 1.31. The molecular weight excluding hydrogens is 552 g/mol. The molecule has 40 heavy (non-hydrogen) atoms. The highest BCUT2D eigenvalue weighted by molar-refractivity contribution is 6.30. The van der Waals surface area contributed by atoms with Crippen LogP contribution >= 0.6 is 11.6 Å². The Morgan fingerprint density at radius 3 is 2.58 bits per heavy atom. The molecule has 1 fully saturated rings. The zero-order valence-corrected chi connectivity index (χ0v) is 22.3. The maximum atomic E-state index is 13.3. The summed E-state index contributed by atoms with van der Waals surface area (Å²) in [5, 5.41) is 16.3. The van der Waals surface area contributed by atoms with Gasteiger partial charge < -0.3 is 29.5 Å². The van der Waals surface area contributed by atoms with Crippen LogP contribution in [0.5, 0.6) is 11.6 Å². The van der Waals surface area contributed by atoms with E-state index in [0.29, 0.717) is 35.6 Å². The Morgan fingerprint density at radius 2 is 1.95 bits per heavy atom. The molecule has 1 aromatic carbocycles. The number of likely N-dealkylation sites (tertiary alicyclic amines) is 1. The second kappa shape index (κ2) is 13.4. The van der Waals surface area contributed by atoms with Crippen LogP contribution in [0.25, 0.3) is 11.3 Å².